The quantitative estimate of drug-likeness (QED) is 0.283. The second kappa shape index (κ2) is 8.38. The number of nitrogens with zero attached hydrogens (tertiary/aromatic N) is 2. The highest BCUT2D eigenvalue weighted by Crippen LogP contribution is 2.33. The van der Waals surface area contributed by atoms with Gasteiger partial charge >= 0.3 is 0 Å². The maximum atomic E-state index is 12.8. The first kappa shape index (κ1) is 21.2. The number of amides is 2. The smallest absolute Gasteiger partial charge is 0.271 e. The van der Waals surface area contributed by atoms with Gasteiger partial charge in [0, 0.05) is 29.8 Å². The zero-order valence-corrected chi connectivity index (χ0v) is 18.7. The van der Waals surface area contributed by atoms with Gasteiger partial charge in [0.2, 0.25) is 0 Å². The molecule has 0 radical (unpaired) electrons. The van der Waals surface area contributed by atoms with Crippen LogP contribution < -0.4 is 0 Å². The van der Waals surface area contributed by atoms with Crippen LogP contribution in [-0.2, 0) is 9.59 Å². The summed E-state index contributed by atoms with van der Waals surface area (Å²) in [7, 11) is 0. The Bertz CT molecular complexity index is 1500. The van der Waals surface area contributed by atoms with Gasteiger partial charge < -0.3 is 8.83 Å². The summed E-state index contributed by atoms with van der Waals surface area (Å²) in [4.78, 5) is 26.2. The van der Waals surface area contributed by atoms with Gasteiger partial charge in [0.05, 0.1) is 0 Å². The van der Waals surface area contributed by atoms with E-state index in [2.05, 4.69) is 12.1 Å². The predicted octanol–water partition coefficient (Wildman–Crippen LogP) is 5.97. The standard InChI is InChI=1S/C28H20N2O4/c1-3-30-27(31)22(17(2)23(16-29)28(30)32)13-21-14-25-26(33-21)15-24(34-25)20-11-9-19(10-12-20)18-7-5-4-6-8-18/h4-15H,3H2,1-2H3/b22-13-. The molecule has 2 aromatic heterocycles. The second-order valence-corrected chi connectivity index (χ2v) is 7.96. The van der Waals surface area contributed by atoms with E-state index in [1.54, 1.807) is 26.0 Å². The van der Waals surface area contributed by atoms with Gasteiger partial charge in [0.1, 0.15) is 23.2 Å². The van der Waals surface area contributed by atoms with E-state index in [1.807, 2.05) is 54.6 Å². The molecule has 1 aliphatic heterocycles. The fourth-order valence-corrected chi connectivity index (χ4v) is 4.08. The highest BCUT2D eigenvalue weighted by Gasteiger charge is 2.34. The topological polar surface area (TPSA) is 87.4 Å². The maximum absolute atomic E-state index is 12.8. The largest absolute Gasteiger partial charge is 0.453 e. The molecular formula is C28H20N2O4. The van der Waals surface area contributed by atoms with Crippen LogP contribution in [-0.4, -0.2) is 23.3 Å². The molecule has 0 aliphatic carbocycles. The molecule has 4 aromatic rings. The van der Waals surface area contributed by atoms with Crippen LogP contribution in [0.2, 0.25) is 0 Å². The number of carbonyl (C=O) groups is 2. The number of benzene rings is 2. The molecule has 1 aliphatic rings. The van der Waals surface area contributed by atoms with Gasteiger partial charge in [-0.05, 0) is 36.6 Å². The van der Waals surface area contributed by atoms with Crippen LogP contribution in [0.1, 0.15) is 19.6 Å². The molecule has 0 atom stereocenters. The minimum atomic E-state index is -0.569. The van der Waals surface area contributed by atoms with Crippen LogP contribution in [0.25, 0.3) is 39.7 Å². The normalized spacial score (nSPS) is 15.4. The monoisotopic (exact) mass is 448 g/mol. The Morgan fingerprint density at radius 3 is 2.18 bits per heavy atom. The summed E-state index contributed by atoms with van der Waals surface area (Å²) < 4.78 is 11.9. The van der Waals surface area contributed by atoms with E-state index < -0.39 is 11.8 Å². The molecule has 0 unspecified atom stereocenters. The first-order valence-electron chi connectivity index (χ1n) is 10.9. The Morgan fingerprint density at radius 2 is 1.53 bits per heavy atom. The fourth-order valence-electron chi connectivity index (χ4n) is 4.08. The first-order chi connectivity index (χ1) is 16.5. The molecule has 34 heavy (non-hydrogen) atoms. The Hall–Kier alpha value is -4.63. The second-order valence-electron chi connectivity index (χ2n) is 7.96. The van der Waals surface area contributed by atoms with Crippen molar-refractivity contribution in [3.05, 3.63) is 89.2 Å². The summed E-state index contributed by atoms with van der Waals surface area (Å²) in [5.41, 5.74) is 4.83. The van der Waals surface area contributed by atoms with E-state index in [0.29, 0.717) is 28.3 Å². The molecule has 0 saturated heterocycles. The number of likely N-dealkylation sites (N-methyl/N-ethyl adjacent to an activating group) is 1. The summed E-state index contributed by atoms with van der Waals surface area (Å²) >= 11 is 0. The van der Waals surface area contributed by atoms with Crippen LogP contribution >= 0.6 is 0 Å². The summed E-state index contributed by atoms with van der Waals surface area (Å²) in [6.45, 7) is 3.47. The Labute approximate surface area is 196 Å². The lowest BCUT2D eigenvalue weighted by molar-refractivity contribution is -0.140. The van der Waals surface area contributed by atoms with Gasteiger partial charge in [-0.1, -0.05) is 54.6 Å². The summed E-state index contributed by atoms with van der Waals surface area (Å²) in [6.07, 6.45) is 1.55. The van der Waals surface area contributed by atoms with Gasteiger partial charge in [-0.25, -0.2) is 0 Å². The van der Waals surface area contributed by atoms with Gasteiger partial charge in [0.25, 0.3) is 11.8 Å². The molecule has 3 heterocycles. The van der Waals surface area contributed by atoms with Gasteiger partial charge in [-0.15, -0.1) is 0 Å². The van der Waals surface area contributed by atoms with Gasteiger partial charge in [-0.3, -0.25) is 14.5 Å². The van der Waals surface area contributed by atoms with Crippen molar-refractivity contribution >= 4 is 29.1 Å². The number of carbonyl (C=O) groups excluding carboxylic acids is 2. The van der Waals surface area contributed by atoms with Gasteiger partial charge in [-0.2, -0.15) is 5.26 Å². The molecule has 0 bridgehead atoms. The first-order valence-corrected chi connectivity index (χ1v) is 10.9. The molecule has 0 fully saturated rings. The van der Waals surface area contributed by atoms with Crippen molar-refractivity contribution in [3.63, 3.8) is 0 Å². The van der Waals surface area contributed by atoms with Crippen molar-refractivity contribution in [3.8, 4) is 28.5 Å². The van der Waals surface area contributed by atoms with E-state index >= 15 is 0 Å². The lowest BCUT2D eigenvalue weighted by Gasteiger charge is -2.25. The van der Waals surface area contributed by atoms with E-state index in [1.165, 1.54) is 0 Å². The van der Waals surface area contributed by atoms with Crippen LogP contribution in [0.4, 0.5) is 0 Å². The third-order valence-electron chi connectivity index (χ3n) is 5.93. The molecule has 0 N–H and O–H groups in total. The van der Waals surface area contributed by atoms with Gasteiger partial charge in [0.15, 0.2) is 11.2 Å². The summed E-state index contributed by atoms with van der Waals surface area (Å²) in [5, 5.41) is 9.38. The van der Waals surface area contributed by atoms with Crippen molar-refractivity contribution in [1.29, 1.82) is 5.26 Å². The van der Waals surface area contributed by atoms with E-state index in [4.69, 9.17) is 8.83 Å². The Balaban J connectivity index is 1.46. The highest BCUT2D eigenvalue weighted by molar-refractivity contribution is 6.19. The average molecular weight is 448 g/mol. The lowest BCUT2D eigenvalue weighted by Crippen LogP contribution is -2.42. The van der Waals surface area contributed by atoms with Crippen molar-refractivity contribution in [1.82, 2.24) is 4.90 Å². The van der Waals surface area contributed by atoms with Crippen molar-refractivity contribution in [2.75, 3.05) is 6.54 Å². The minimum absolute atomic E-state index is 0.0378. The predicted molar refractivity (Wildman–Crippen MR) is 128 cm³/mol. The highest BCUT2D eigenvalue weighted by atomic mass is 16.4. The number of fused-ring (bicyclic) bond motifs is 1. The fraction of sp³-hybridized carbons (Fsp3) is 0.107. The van der Waals surface area contributed by atoms with Crippen molar-refractivity contribution < 1.29 is 18.4 Å². The molecule has 166 valence electrons. The number of nitriles is 1. The molecule has 6 nitrogen and oxygen atoms in total. The van der Waals surface area contributed by atoms with E-state index in [0.717, 1.165) is 21.6 Å². The Kier molecular flexibility index (Phi) is 5.23. The maximum Gasteiger partial charge on any atom is 0.271 e. The van der Waals surface area contributed by atoms with Crippen LogP contribution in [0.5, 0.6) is 0 Å². The molecule has 2 amide bonds. The molecular weight excluding hydrogens is 428 g/mol. The molecule has 5 rings (SSSR count). The third kappa shape index (κ3) is 3.54. The molecule has 0 saturated carbocycles. The zero-order chi connectivity index (χ0) is 23.8. The minimum Gasteiger partial charge on any atom is -0.453 e. The lowest BCUT2D eigenvalue weighted by atomic mass is 9.95. The van der Waals surface area contributed by atoms with Crippen LogP contribution in [0.15, 0.2) is 92.3 Å². The van der Waals surface area contributed by atoms with E-state index in [-0.39, 0.29) is 17.7 Å². The van der Waals surface area contributed by atoms with Crippen LogP contribution in [0.3, 0.4) is 0 Å². The number of hydrogen-bond donors (Lipinski definition) is 0. The summed E-state index contributed by atoms with van der Waals surface area (Å²) in [5.74, 6) is 0.0639. The third-order valence-corrected chi connectivity index (χ3v) is 5.93. The van der Waals surface area contributed by atoms with Crippen LogP contribution in [0, 0.1) is 11.3 Å². The average Bonchev–Trinajstić information content (AvgIpc) is 3.42. The zero-order valence-electron chi connectivity index (χ0n) is 18.7. The number of rotatable bonds is 4. The number of furan rings is 2. The summed E-state index contributed by atoms with van der Waals surface area (Å²) in [6, 6.07) is 23.6. The molecule has 2 aromatic carbocycles. The molecule has 0 spiro atoms. The number of imide groups is 1. The molecule has 6 heteroatoms. The van der Waals surface area contributed by atoms with Crippen molar-refractivity contribution in [2.45, 2.75) is 13.8 Å². The van der Waals surface area contributed by atoms with Crippen molar-refractivity contribution in [2.24, 2.45) is 0 Å². The SMILES string of the molecule is CCN1C(=O)C(C#N)=C(C)/C(=C/c2cc3oc(-c4ccc(-c5ccccc5)cc4)cc3o2)C1=O. The number of hydrogen-bond acceptors (Lipinski definition) is 5. The Morgan fingerprint density at radius 1 is 0.882 bits per heavy atom. The van der Waals surface area contributed by atoms with E-state index in [9.17, 15) is 14.9 Å².